The normalized spacial score (nSPS) is 17.6. The molecule has 1 aliphatic heterocycles. The molecule has 130 valence electrons. The van der Waals surface area contributed by atoms with Crippen LogP contribution < -0.4 is 4.90 Å². The smallest absolute Gasteiger partial charge is 0.252 e. The fraction of sp³-hybridized carbons (Fsp3) is 0.471. The first-order valence-electron chi connectivity index (χ1n) is 8.43. The van der Waals surface area contributed by atoms with Gasteiger partial charge in [0, 0.05) is 24.5 Å². The van der Waals surface area contributed by atoms with E-state index in [0.717, 1.165) is 48.8 Å². The molecule has 3 aromatic heterocycles. The minimum Gasteiger partial charge on any atom is -0.369 e. The fourth-order valence-corrected chi connectivity index (χ4v) is 3.80. The first kappa shape index (κ1) is 16.4. The van der Waals surface area contributed by atoms with Gasteiger partial charge in [0.05, 0.1) is 18.1 Å². The minimum atomic E-state index is 0.588. The number of nitrogens with zero attached hydrogens (tertiary/aromatic N) is 7. The first-order valence-corrected chi connectivity index (χ1v) is 9.22. The van der Waals surface area contributed by atoms with Gasteiger partial charge in [-0.15, -0.1) is 0 Å². The fourth-order valence-electron chi connectivity index (χ4n) is 3.59. The highest BCUT2D eigenvalue weighted by Crippen LogP contribution is 2.27. The van der Waals surface area contributed by atoms with Crippen molar-refractivity contribution in [3.8, 4) is 0 Å². The van der Waals surface area contributed by atoms with Crippen molar-refractivity contribution in [3.63, 3.8) is 0 Å². The Morgan fingerprint density at radius 1 is 1.16 bits per heavy atom. The maximum absolute atomic E-state index is 4.64. The highest BCUT2D eigenvalue weighted by molar-refractivity contribution is 9.10. The number of halogens is 1. The van der Waals surface area contributed by atoms with Crippen molar-refractivity contribution in [2.75, 3.05) is 18.0 Å². The summed E-state index contributed by atoms with van der Waals surface area (Å²) in [5.74, 6) is 2.04. The van der Waals surface area contributed by atoms with Crippen LogP contribution >= 0.6 is 15.9 Å². The number of aromatic nitrogens is 6. The Hall–Kier alpha value is -2.09. The Morgan fingerprint density at radius 2 is 1.92 bits per heavy atom. The lowest BCUT2D eigenvalue weighted by Crippen LogP contribution is -2.21. The van der Waals surface area contributed by atoms with E-state index in [1.54, 1.807) is 0 Å². The summed E-state index contributed by atoms with van der Waals surface area (Å²) in [6, 6.07) is 0. The molecule has 4 rings (SSSR count). The number of hydrogen-bond donors (Lipinski definition) is 0. The second-order valence-corrected chi connectivity index (χ2v) is 7.36. The van der Waals surface area contributed by atoms with E-state index in [4.69, 9.17) is 0 Å². The molecule has 0 saturated carbocycles. The summed E-state index contributed by atoms with van der Waals surface area (Å²) in [6.45, 7) is 8.13. The van der Waals surface area contributed by atoms with Crippen LogP contribution in [0.1, 0.15) is 29.2 Å². The Labute approximate surface area is 154 Å². The maximum Gasteiger partial charge on any atom is 0.252 e. The molecule has 1 atom stereocenters. The third-order valence-electron chi connectivity index (χ3n) is 4.91. The lowest BCUT2D eigenvalue weighted by molar-refractivity contribution is 0.577. The van der Waals surface area contributed by atoms with Gasteiger partial charge in [0.25, 0.3) is 5.78 Å². The van der Waals surface area contributed by atoms with Gasteiger partial charge in [0.15, 0.2) is 4.73 Å². The van der Waals surface area contributed by atoms with Gasteiger partial charge >= 0.3 is 0 Å². The Bertz CT molecular complexity index is 919. The van der Waals surface area contributed by atoms with Gasteiger partial charge in [-0.1, -0.05) is 0 Å². The number of hydrogen-bond acceptors (Lipinski definition) is 6. The van der Waals surface area contributed by atoms with Crippen LogP contribution in [0.2, 0.25) is 0 Å². The molecule has 3 aromatic rings. The molecule has 4 heterocycles. The van der Waals surface area contributed by atoms with Gasteiger partial charge < -0.3 is 4.90 Å². The van der Waals surface area contributed by atoms with E-state index >= 15 is 0 Å². The molecule has 25 heavy (non-hydrogen) atoms. The van der Waals surface area contributed by atoms with Crippen molar-refractivity contribution in [1.82, 2.24) is 29.5 Å². The predicted octanol–water partition coefficient (Wildman–Crippen LogP) is 2.67. The summed E-state index contributed by atoms with van der Waals surface area (Å²) in [6.07, 6.45) is 5.92. The summed E-state index contributed by atoms with van der Waals surface area (Å²) in [5, 5.41) is 4.47. The average Bonchev–Trinajstić information content (AvgIpc) is 3.18. The van der Waals surface area contributed by atoms with Crippen molar-refractivity contribution in [1.29, 1.82) is 0 Å². The van der Waals surface area contributed by atoms with Gasteiger partial charge in [0.1, 0.15) is 5.82 Å². The van der Waals surface area contributed by atoms with Crippen LogP contribution in [0.5, 0.6) is 0 Å². The Kier molecular flexibility index (Phi) is 4.15. The Morgan fingerprint density at radius 3 is 2.68 bits per heavy atom. The molecule has 7 nitrogen and oxygen atoms in total. The molecule has 8 heteroatoms. The number of fused-ring (bicyclic) bond motifs is 1. The van der Waals surface area contributed by atoms with Crippen molar-refractivity contribution in [2.45, 2.75) is 33.6 Å². The van der Waals surface area contributed by atoms with E-state index in [1.807, 2.05) is 23.8 Å². The monoisotopic (exact) mass is 401 g/mol. The van der Waals surface area contributed by atoms with Gasteiger partial charge in [-0.25, -0.2) is 19.5 Å². The number of rotatable bonds is 3. The molecule has 0 radical (unpaired) electrons. The third-order valence-corrected chi connectivity index (χ3v) is 5.31. The summed E-state index contributed by atoms with van der Waals surface area (Å²) < 4.78 is 2.49. The molecule has 0 unspecified atom stereocenters. The molecule has 1 saturated heterocycles. The molecular weight excluding hydrogens is 382 g/mol. The molecule has 0 spiro atoms. The van der Waals surface area contributed by atoms with Crippen LogP contribution in [-0.2, 0) is 6.42 Å². The standard InChI is InChI=1S/C17H20BrN7/c1-10-15(11(2)25-17(21-10)22-12(3)23-25)6-13-4-5-24(9-13)14-7-19-16(18)20-8-14/h7-8,13H,4-6,9H2,1-3H3/t13-/m0/s1. The Balaban J connectivity index is 1.55. The maximum atomic E-state index is 4.64. The van der Waals surface area contributed by atoms with Crippen molar-refractivity contribution >= 4 is 27.4 Å². The third kappa shape index (κ3) is 3.10. The lowest BCUT2D eigenvalue weighted by Gasteiger charge is -2.18. The average molecular weight is 402 g/mol. The molecule has 1 aliphatic rings. The molecule has 0 amide bonds. The van der Waals surface area contributed by atoms with Gasteiger partial charge in [-0.05, 0) is 61.0 Å². The van der Waals surface area contributed by atoms with Crippen LogP contribution in [0.15, 0.2) is 17.1 Å². The van der Waals surface area contributed by atoms with Crippen molar-refractivity contribution in [3.05, 3.63) is 39.9 Å². The summed E-state index contributed by atoms with van der Waals surface area (Å²) in [5.41, 5.74) is 4.58. The van der Waals surface area contributed by atoms with Crippen LogP contribution in [0.3, 0.4) is 0 Å². The predicted molar refractivity (Wildman–Crippen MR) is 98.7 cm³/mol. The van der Waals surface area contributed by atoms with Gasteiger partial charge in [-0.2, -0.15) is 10.1 Å². The quantitative estimate of drug-likeness (QED) is 0.628. The second-order valence-electron chi connectivity index (χ2n) is 6.65. The second kappa shape index (κ2) is 6.33. The van der Waals surface area contributed by atoms with E-state index in [-0.39, 0.29) is 0 Å². The first-order chi connectivity index (χ1) is 12.0. The largest absolute Gasteiger partial charge is 0.369 e. The molecule has 0 aromatic carbocycles. The van der Waals surface area contributed by atoms with Crippen molar-refractivity contribution in [2.24, 2.45) is 5.92 Å². The zero-order valence-corrected chi connectivity index (χ0v) is 16.2. The van der Waals surface area contributed by atoms with E-state index in [2.05, 4.69) is 59.7 Å². The van der Waals surface area contributed by atoms with Crippen LogP contribution in [0.25, 0.3) is 5.78 Å². The van der Waals surface area contributed by atoms with E-state index in [0.29, 0.717) is 16.4 Å². The van der Waals surface area contributed by atoms with Crippen LogP contribution in [0, 0.1) is 26.7 Å². The van der Waals surface area contributed by atoms with E-state index < -0.39 is 0 Å². The molecule has 1 fully saturated rings. The van der Waals surface area contributed by atoms with Crippen LogP contribution in [-0.4, -0.2) is 42.6 Å². The summed E-state index contributed by atoms with van der Waals surface area (Å²) >= 11 is 3.29. The zero-order chi connectivity index (χ0) is 17.6. The van der Waals surface area contributed by atoms with E-state index in [1.165, 1.54) is 5.56 Å². The summed E-state index contributed by atoms with van der Waals surface area (Å²) in [4.78, 5) is 19.8. The molecule has 0 aliphatic carbocycles. The van der Waals surface area contributed by atoms with Crippen molar-refractivity contribution < 1.29 is 0 Å². The number of aryl methyl sites for hydroxylation is 3. The zero-order valence-electron chi connectivity index (χ0n) is 14.6. The molecular formula is C17H20BrN7. The van der Waals surface area contributed by atoms with Gasteiger partial charge in [0.2, 0.25) is 0 Å². The molecule has 0 bridgehead atoms. The molecule has 0 N–H and O–H groups in total. The topological polar surface area (TPSA) is 72.1 Å². The number of anilines is 1. The van der Waals surface area contributed by atoms with Gasteiger partial charge in [-0.3, -0.25) is 0 Å². The lowest BCUT2D eigenvalue weighted by atomic mass is 9.96. The summed E-state index contributed by atoms with van der Waals surface area (Å²) in [7, 11) is 0. The highest BCUT2D eigenvalue weighted by Gasteiger charge is 2.25. The SMILES string of the molecule is Cc1nc2nc(C)c(C[C@@H]3CCN(c4cnc(Br)nc4)C3)c(C)n2n1. The minimum absolute atomic E-state index is 0.588. The van der Waals surface area contributed by atoms with Crippen LogP contribution in [0.4, 0.5) is 5.69 Å². The highest BCUT2D eigenvalue weighted by atomic mass is 79.9. The van der Waals surface area contributed by atoms with E-state index in [9.17, 15) is 0 Å².